The summed E-state index contributed by atoms with van der Waals surface area (Å²) in [6, 6.07) is 10.3. The van der Waals surface area contributed by atoms with E-state index in [0.717, 1.165) is 12.4 Å². The van der Waals surface area contributed by atoms with Crippen LogP contribution in [0, 0.1) is 0 Å². The molecule has 0 unspecified atom stereocenters. The summed E-state index contributed by atoms with van der Waals surface area (Å²) in [6.07, 6.45) is 0. The number of thiophene rings is 1. The lowest BCUT2D eigenvalue weighted by molar-refractivity contribution is 0.340. The van der Waals surface area contributed by atoms with Gasteiger partial charge in [0, 0.05) is 0 Å². The normalized spacial score (nSPS) is 10.1. The molecule has 0 atom stereocenters. The predicted octanol–water partition coefficient (Wildman–Crippen LogP) is 3.81. The monoisotopic (exact) mass is 204 g/mol. The van der Waals surface area contributed by atoms with E-state index in [1.54, 1.807) is 11.3 Å². The van der Waals surface area contributed by atoms with Crippen LogP contribution >= 0.6 is 11.3 Å². The summed E-state index contributed by atoms with van der Waals surface area (Å²) in [6.45, 7) is 2.71. The third-order valence-corrected chi connectivity index (χ3v) is 2.70. The average molecular weight is 204 g/mol. The van der Waals surface area contributed by atoms with E-state index in [4.69, 9.17) is 4.74 Å². The fraction of sp³-hybridized carbons (Fsp3) is 0.167. The van der Waals surface area contributed by atoms with Crippen molar-refractivity contribution < 1.29 is 4.74 Å². The number of ether oxygens (including phenoxy) is 1. The fourth-order valence-electron chi connectivity index (χ4n) is 1.34. The highest BCUT2D eigenvalue weighted by Crippen LogP contribution is 2.24. The molecule has 1 aromatic heterocycles. The van der Waals surface area contributed by atoms with E-state index in [0.29, 0.717) is 0 Å². The second-order valence-electron chi connectivity index (χ2n) is 2.97. The molecule has 72 valence electrons. The van der Waals surface area contributed by atoms with Crippen LogP contribution in [0.1, 0.15) is 6.92 Å². The van der Waals surface area contributed by atoms with Crippen LogP contribution in [-0.2, 0) is 0 Å². The molecular formula is C12H12OS. The van der Waals surface area contributed by atoms with Crippen molar-refractivity contribution in [3.05, 3.63) is 41.1 Å². The van der Waals surface area contributed by atoms with Gasteiger partial charge >= 0.3 is 0 Å². The number of hydrogen-bond acceptors (Lipinski definition) is 2. The van der Waals surface area contributed by atoms with Crippen molar-refractivity contribution >= 4 is 11.3 Å². The van der Waals surface area contributed by atoms with Gasteiger partial charge in [-0.2, -0.15) is 11.3 Å². The molecule has 0 radical (unpaired) electrons. The predicted molar refractivity (Wildman–Crippen MR) is 60.9 cm³/mol. The van der Waals surface area contributed by atoms with Crippen LogP contribution in [0.5, 0.6) is 5.75 Å². The van der Waals surface area contributed by atoms with E-state index in [-0.39, 0.29) is 0 Å². The quantitative estimate of drug-likeness (QED) is 0.738. The second kappa shape index (κ2) is 4.29. The molecule has 1 heterocycles. The summed E-state index contributed by atoms with van der Waals surface area (Å²) in [7, 11) is 0. The zero-order chi connectivity index (χ0) is 9.80. The first kappa shape index (κ1) is 9.28. The Morgan fingerprint density at radius 3 is 2.43 bits per heavy atom. The van der Waals surface area contributed by atoms with Gasteiger partial charge in [0.05, 0.1) is 6.61 Å². The standard InChI is InChI=1S/C12H12OS/c1-2-13-12-5-3-10(4-6-12)11-7-8-14-9-11/h3-9H,2H2,1H3. The minimum atomic E-state index is 0.720. The van der Waals surface area contributed by atoms with Crippen LogP contribution in [0.4, 0.5) is 0 Å². The minimum Gasteiger partial charge on any atom is -0.494 e. The first-order chi connectivity index (χ1) is 6.90. The smallest absolute Gasteiger partial charge is 0.119 e. The zero-order valence-electron chi connectivity index (χ0n) is 8.07. The lowest BCUT2D eigenvalue weighted by atomic mass is 10.1. The molecule has 0 aliphatic heterocycles. The van der Waals surface area contributed by atoms with E-state index in [1.807, 2.05) is 19.1 Å². The van der Waals surface area contributed by atoms with Crippen LogP contribution in [0.2, 0.25) is 0 Å². The van der Waals surface area contributed by atoms with Crippen LogP contribution in [-0.4, -0.2) is 6.61 Å². The molecule has 0 aliphatic carbocycles. The van der Waals surface area contributed by atoms with Crippen LogP contribution in [0.25, 0.3) is 11.1 Å². The topological polar surface area (TPSA) is 9.23 Å². The first-order valence-corrected chi connectivity index (χ1v) is 5.60. The molecule has 0 saturated heterocycles. The van der Waals surface area contributed by atoms with Gasteiger partial charge in [-0.25, -0.2) is 0 Å². The van der Waals surface area contributed by atoms with E-state index < -0.39 is 0 Å². The Morgan fingerprint density at radius 2 is 1.86 bits per heavy atom. The summed E-state index contributed by atoms with van der Waals surface area (Å²) in [5.74, 6) is 0.937. The highest BCUT2D eigenvalue weighted by molar-refractivity contribution is 7.08. The first-order valence-electron chi connectivity index (χ1n) is 4.65. The third kappa shape index (κ3) is 1.96. The molecule has 0 amide bonds. The summed E-state index contributed by atoms with van der Waals surface area (Å²) in [4.78, 5) is 0. The molecule has 2 heteroatoms. The van der Waals surface area contributed by atoms with Gasteiger partial charge in [0.25, 0.3) is 0 Å². The maximum Gasteiger partial charge on any atom is 0.119 e. The fourth-order valence-corrected chi connectivity index (χ4v) is 2.00. The molecular weight excluding hydrogens is 192 g/mol. The molecule has 2 rings (SSSR count). The van der Waals surface area contributed by atoms with Crippen LogP contribution in [0.15, 0.2) is 41.1 Å². The van der Waals surface area contributed by atoms with E-state index in [1.165, 1.54) is 11.1 Å². The number of hydrogen-bond donors (Lipinski definition) is 0. The molecule has 0 spiro atoms. The number of rotatable bonds is 3. The van der Waals surface area contributed by atoms with Gasteiger partial charge < -0.3 is 4.74 Å². The minimum absolute atomic E-state index is 0.720. The molecule has 2 aromatic rings. The largest absolute Gasteiger partial charge is 0.494 e. The number of benzene rings is 1. The molecule has 1 aromatic carbocycles. The zero-order valence-corrected chi connectivity index (χ0v) is 8.88. The second-order valence-corrected chi connectivity index (χ2v) is 3.75. The van der Waals surface area contributed by atoms with Crippen LogP contribution in [0.3, 0.4) is 0 Å². The third-order valence-electron chi connectivity index (χ3n) is 2.02. The lowest BCUT2D eigenvalue weighted by Crippen LogP contribution is -1.90. The van der Waals surface area contributed by atoms with Crippen molar-refractivity contribution in [1.29, 1.82) is 0 Å². The Bertz CT molecular complexity index is 375. The lowest BCUT2D eigenvalue weighted by Gasteiger charge is -2.03. The van der Waals surface area contributed by atoms with Gasteiger partial charge in [-0.3, -0.25) is 0 Å². The Labute approximate surface area is 88.0 Å². The van der Waals surface area contributed by atoms with E-state index >= 15 is 0 Å². The average Bonchev–Trinajstić information content (AvgIpc) is 2.72. The maximum atomic E-state index is 5.38. The Kier molecular flexibility index (Phi) is 2.84. The van der Waals surface area contributed by atoms with Crippen molar-refractivity contribution in [2.45, 2.75) is 6.92 Å². The van der Waals surface area contributed by atoms with Crippen molar-refractivity contribution in [1.82, 2.24) is 0 Å². The van der Waals surface area contributed by atoms with Gasteiger partial charge in [-0.05, 0) is 47.0 Å². The molecule has 0 aliphatic rings. The molecule has 0 fully saturated rings. The van der Waals surface area contributed by atoms with Gasteiger partial charge in [0.1, 0.15) is 5.75 Å². The summed E-state index contributed by atoms with van der Waals surface area (Å²) >= 11 is 1.72. The molecule has 0 N–H and O–H groups in total. The Balaban J connectivity index is 2.22. The van der Waals surface area contributed by atoms with Gasteiger partial charge in [0.15, 0.2) is 0 Å². The van der Waals surface area contributed by atoms with E-state index in [9.17, 15) is 0 Å². The van der Waals surface area contributed by atoms with Crippen molar-refractivity contribution in [3.63, 3.8) is 0 Å². The maximum absolute atomic E-state index is 5.38. The summed E-state index contributed by atoms with van der Waals surface area (Å²) in [5.41, 5.74) is 2.52. The van der Waals surface area contributed by atoms with Gasteiger partial charge in [0.2, 0.25) is 0 Å². The highest BCUT2D eigenvalue weighted by Gasteiger charge is 1.97. The highest BCUT2D eigenvalue weighted by atomic mass is 32.1. The van der Waals surface area contributed by atoms with E-state index in [2.05, 4.69) is 29.0 Å². The molecule has 0 bridgehead atoms. The molecule has 14 heavy (non-hydrogen) atoms. The van der Waals surface area contributed by atoms with Crippen molar-refractivity contribution in [2.24, 2.45) is 0 Å². The Hall–Kier alpha value is -1.28. The summed E-state index contributed by atoms with van der Waals surface area (Å²) < 4.78 is 5.38. The SMILES string of the molecule is CCOc1ccc(-c2ccsc2)cc1. The summed E-state index contributed by atoms with van der Waals surface area (Å²) in [5, 5.41) is 4.24. The Morgan fingerprint density at radius 1 is 1.07 bits per heavy atom. The van der Waals surface area contributed by atoms with Gasteiger partial charge in [-0.1, -0.05) is 12.1 Å². The van der Waals surface area contributed by atoms with Crippen molar-refractivity contribution in [3.8, 4) is 16.9 Å². The molecule has 0 saturated carbocycles. The molecule has 1 nitrogen and oxygen atoms in total. The van der Waals surface area contributed by atoms with Gasteiger partial charge in [-0.15, -0.1) is 0 Å². The van der Waals surface area contributed by atoms with Crippen molar-refractivity contribution in [2.75, 3.05) is 6.61 Å². The van der Waals surface area contributed by atoms with Crippen LogP contribution < -0.4 is 4.74 Å².